The second-order valence-electron chi connectivity index (χ2n) is 7.33. The maximum Gasteiger partial charge on any atom is 0.0860 e. The predicted molar refractivity (Wildman–Crippen MR) is 72.9 cm³/mol. The maximum absolute atomic E-state index is 11.2. The zero-order valence-electron chi connectivity index (χ0n) is 12.0. The normalized spacial score (nSPS) is 35.4. The number of rotatable bonds is 1. The topological polar surface area (TPSA) is 44.0 Å². The quantitative estimate of drug-likeness (QED) is 0.708. The Morgan fingerprint density at radius 1 is 0.889 bits per heavy atom. The molecule has 1 unspecified atom stereocenters. The van der Waals surface area contributed by atoms with E-state index < -0.39 is 11.0 Å². The summed E-state index contributed by atoms with van der Waals surface area (Å²) in [4.78, 5) is 0. The van der Waals surface area contributed by atoms with Crippen molar-refractivity contribution in [2.45, 2.75) is 83.7 Å². The molecule has 0 bridgehead atoms. The van der Waals surface area contributed by atoms with Crippen molar-refractivity contribution in [1.29, 1.82) is 5.26 Å². The molecule has 2 nitrogen and oxygen atoms in total. The van der Waals surface area contributed by atoms with Crippen LogP contribution < -0.4 is 0 Å². The van der Waals surface area contributed by atoms with Gasteiger partial charge in [0, 0.05) is 0 Å². The summed E-state index contributed by atoms with van der Waals surface area (Å²) in [6, 6.07) is 2.56. The molecule has 102 valence electrons. The lowest BCUT2D eigenvalue weighted by atomic mass is 9.57. The van der Waals surface area contributed by atoms with E-state index in [1.165, 1.54) is 19.3 Å². The van der Waals surface area contributed by atoms with E-state index in [1.807, 2.05) is 0 Å². The molecule has 2 fully saturated rings. The van der Waals surface area contributed by atoms with Gasteiger partial charge >= 0.3 is 0 Å². The van der Waals surface area contributed by atoms with Crippen LogP contribution in [0.15, 0.2) is 0 Å². The first-order chi connectivity index (χ1) is 8.43. The molecule has 0 amide bonds. The summed E-state index contributed by atoms with van der Waals surface area (Å²) in [5.74, 6) is 0. The highest BCUT2D eigenvalue weighted by Gasteiger charge is 2.53. The molecule has 0 saturated heterocycles. The van der Waals surface area contributed by atoms with Crippen LogP contribution in [0.3, 0.4) is 0 Å². The molecule has 2 rings (SSSR count). The van der Waals surface area contributed by atoms with Crippen molar-refractivity contribution in [3.8, 4) is 6.07 Å². The Labute approximate surface area is 111 Å². The first-order valence-electron chi connectivity index (χ1n) is 7.57. The molecule has 0 aliphatic heterocycles. The van der Waals surface area contributed by atoms with Crippen molar-refractivity contribution >= 4 is 0 Å². The van der Waals surface area contributed by atoms with Crippen LogP contribution in [0.5, 0.6) is 0 Å². The molecule has 0 spiro atoms. The van der Waals surface area contributed by atoms with E-state index in [1.54, 1.807) is 0 Å². The van der Waals surface area contributed by atoms with Crippen LogP contribution in [0.2, 0.25) is 0 Å². The van der Waals surface area contributed by atoms with Crippen LogP contribution in [-0.2, 0) is 0 Å². The monoisotopic (exact) mass is 249 g/mol. The summed E-state index contributed by atoms with van der Waals surface area (Å²) in [6.45, 7) is 4.47. The number of aliphatic hydroxyl groups is 1. The minimum atomic E-state index is -0.742. The van der Waals surface area contributed by atoms with Crippen LogP contribution in [0.4, 0.5) is 0 Å². The van der Waals surface area contributed by atoms with Crippen molar-refractivity contribution in [2.75, 3.05) is 0 Å². The number of nitrogens with zero attached hydrogens (tertiary/aromatic N) is 1. The fourth-order valence-electron chi connectivity index (χ4n) is 4.25. The first kappa shape index (κ1) is 13.9. The molecule has 1 N–H and O–H groups in total. The van der Waals surface area contributed by atoms with Gasteiger partial charge in [0.15, 0.2) is 0 Å². The second-order valence-corrected chi connectivity index (χ2v) is 7.33. The Bertz CT molecular complexity index is 333. The minimum absolute atomic E-state index is 0.184. The third-order valence-corrected chi connectivity index (χ3v) is 5.28. The molecule has 2 saturated carbocycles. The minimum Gasteiger partial charge on any atom is -0.388 e. The Hall–Kier alpha value is -0.550. The summed E-state index contributed by atoms with van der Waals surface area (Å²) in [5.41, 5.74) is -1.03. The van der Waals surface area contributed by atoms with Gasteiger partial charge < -0.3 is 5.11 Å². The highest BCUT2D eigenvalue weighted by molar-refractivity contribution is 5.14. The smallest absolute Gasteiger partial charge is 0.0860 e. The van der Waals surface area contributed by atoms with E-state index in [0.29, 0.717) is 0 Å². The van der Waals surface area contributed by atoms with Crippen LogP contribution in [0.25, 0.3) is 0 Å². The van der Waals surface area contributed by atoms with E-state index in [9.17, 15) is 10.4 Å². The van der Waals surface area contributed by atoms with Gasteiger partial charge in [-0.1, -0.05) is 46.0 Å². The highest BCUT2D eigenvalue weighted by atomic mass is 16.3. The van der Waals surface area contributed by atoms with E-state index in [2.05, 4.69) is 19.9 Å². The summed E-state index contributed by atoms with van der Waals surface area (Å²) in [6.07, 6.45) is 10.3. The van der Waals surface area contributed by atoms with Gasteiger partial charge in [0.1, 0.15) is 0 Å². The van der Waals surface area contributed by atoms with Gasteiger partial charge in [-0.25, -0.2) is 0 Å². The lowest BCUT2D eigenvalue weighted by Crippen LogP contribution is -2.52. The molecular weight excluding hydrogens is 222 g/mol. The van der Waals surface area contributed by atoms with E-state index in [0.717, 1.165) is 44.9 Å². The lowest BCUT2D eigenvalue weighted by molar-refractivity contribution is -0.117. The summed E-state index contributed by atoms with van der Waals surface area (Å²) in [7, 11) is 0. The molecule has 0 aromatic rings. The average molecular weight is 249 g/mol. The van der Waals surface area contributed by atoms with Crippen LogP contribution >= 0.6 is 0 Å². The lowest BCUT2D eigenvalue weighted by Gasteiger charge is -2.50. The number of nitriles is 1. The fraction of sp³-hybridized carbons (Fsp3) is 0.938. The van der Waals surface area contributed by atoms with Crippen LogP contribution in [-0.4, -0.2) is 10.7 Å². The Morgan fingerprint density at radius 3 is 2.00 bits per heavy atom. The van der Waals surface area contributed by atoms with Crippen molar-refractivity contribution in [2.24, 2.45) is 10.8 Å². The van der Waals surface area contributed by atoms with Crippen molar-refractivity contribution < 1.29 is 5.11 Å². The van der Waals surface area contributed by atoms with E-state index in [-0.39, 0.29) is 5.41 Å². The Balaban J connectivity index is 2.27. The largest absolute Gasteiger partial charge is 0.388 e. The zero-order chi connectivity index (χ0) is 13.3. The van der Waals surface area contributed by atoms with Crippen LogP contribution in [0.1, 0.15) is 78.1 Å². The molecule has 2 aliphatic carbocycles. The molecule has 0 radical (unpaired) electrons. The van der Waals surface area contributed by atoms with Gasteiger partial charge in [-0.15, -0.1) is 0 Å². The molecule has 1 atom stereocenters. The molecule has 2 heteroatoms. The molecular formula is C16H27NO. The van der Waals surface area contributed by atoms with Gasteiger partial charge in [0.05, 0.1) is 17.1 Å². The van der Waals surface area contributed by atoms with Crippen molar-refractivity contribution in [1.82, 2.24) is 0 Å². The second kappa shape index (κ2) is 4.85. The number of hydrogen-bond acceptors (Lipinski definition) is 2. The first-order valence-corrected chi connectivity index (χ1v) is 7.57. The fourth-order valence-corrected chi connectivity index (χ4v) is 4.25. The predicted octanol–water partition coefficient (Wildman–Crippen LogP) is 4.18. The summed E-state index contributed by atoms with van der Waals surface area (Å²) >= 11 is 0. The van der Waals surface area contributed by atoms with Crippen molar-refractivity contribution in [3.63, 3.8) is 0 Å². The molecule has 18 heavy (non-hydrogen) atoms. The average Bonchev–Trinajstić information content (AvgIpc) is 2.53. The maximum atomic E-state index is 11.2. The van der Waals surface area contributed by atoms with E-state index >= 15 is 0 Å². The van der Waals surface area contributed by atoms with Gasteiger partial charge in [0.25, 0.3) is 0 Å². The Kier molecular flexibility index (Phi) is 3.74. The highest BCUT2D eigenvalue weighted by Crippen LogP contribution is 2.53. The van der Waals surface area contributed by atoms with Crippen molar-refractivity contribution in [3.05, 3.63) is 0 Å². The molecule has 0 aromatic carbocycles. The van der Waals surface area contributed by atoms with Crippen LogP contribution in [0, 0.1) is 22.2 Å². The zero-order valence-corrected chi connectivity index (χ0v) is 12.0. The summed E-state index contributed by atoms with van der Waals surface area (Å²) in [5, 5.41) is 20.9. The molecule has 0 heterocycles. The summed E-state index contributed by atoms with van der Waals surface area (Å²) < 4.78 is 0. The van der Waals surface area contributed by atoms with Gasteiger partial charge in [0.2, 0.25) is 0 Å². The third kappa shape index (κ3) is 2.43. The van der Waals surface area contributed by atoms with Gasteiger partial charge in [-0.05, 0) is 37.5 Å². The molecule has 0 aromatic heterocycles. The SMILES string of the molecule is CC1(C)CCCC(O)(C2(C#N)CCCCCC2)C1. The standard InChI is InChI=1S/C16H27NO/c1-14(2)8-7-11-16(18,12-14)15(13-17)9-5-3-4-6-10-15/h18H,3-12H2,1-2H3. The van der Waals surface area contributed by atoms with E-state index in [4.69, 9.17) is 0 Å². The third-order valence-electron chi connectivity index (χ3n) is 5.28. The Morgan fingerprint density at radius 2 is 1.50 bits per heavy atom. The molecule has 2 aliphatic rings. The van der Waals surface area contributed by atoms with Gasteiger partial charge in [-0.2, -0.15) is 5.26 Å². The van der Waals surface area contributed by atoms with Gasteiger partial charge in [-0.3, -0.25) is 0 Å². The number of hydrogen-bond donors (Lipinski definition) is 1.